The minimum Gasteiger partial charge on any atom is -0.376 e. The second-order valence-electron chi connectivity index (χ2n) is 5.03. The maximum Gasteiger partial charge on any atom is 0.0909 e. The molecule has 0 amide bonds. The van der Waals surface area contributed by atoms with Crippen molar-refractivity contribution in [1.82, 2.24) is 0 Å². The summed E-state index contributed by atoms with van der Waals surface area (Å²) in [6.45, 7) is 14.4. The molecule has 1 unspecified atom stereocenters. The Hall–Kier alpha value is -0.0800. The summed E-state index contributed by atoms with van der Waals surface area (Å²) in [6, 6.07) is 0. The monoisotopic (exact) mass is 216 g/mol. The van der Waals surface area contributed by atoms with Crippen LogP contribution >= 0.6 is 0 Å². The van der Waals surface area contributed by atoms with Crippen LogP contribution in [0.1, 0.15) is 54.4 Å². The molecule has 0 fully saturated rings. The van der Waals surface area contributed by atoms with Gasteiger partial charge < -0.3 is 9.47 Å². The lowest BCUT2D eigenvalue weighted by Gasteiger charge is -2.34. The number of hydrogen-bond acceptors (Lipinski definition) is 2. The second-order valence-corrected chi connectivity index (χ2v) is 5.03. The molecule has 0 aromatic carbocycles. The maximum absolute atomic E-state index is 5.96. The smallest absolute Gasteiger partial charge is 0.0909 e. The van der Waals surface area contributed by atoms with E-state index < -0.39 is 0 Å². The van der Waals surface area contributed by atoms with Gasteiger partial charge in [-0.15, -0.1) is 0 Å². The largest absolute Gasteiger partial charge is 0.376 e. The predicted molar refractivity (Wildman–Crippen MR) is 65.2 cm³/mol. The Kier molecular flexibility index (Phi) is 7.20. The summed E-state index contributed by atoms with van der Waals surface area (Å²) < 4.78 is 11.6. The van der Waals surface area contributed by atoms with Gasteiger partial charge in [-0.05, 0) is 33.1 Å². The minimum atomic E-state index is -0.139. The van der Waals surface area contributed by atoms with Crippen molar-refractivity contribution in [2.45, 2.75) is 66.1 Å². The Balaban J connectivity index is 4.07. The van der Waals surface area contributed by atoms with Gasteiger partial charge in [-0.3, -0.25) is 0 Å². The SMILES string of the molecule is CCCCOC(C)(COC(C)C)C(C)C. The molecule has 0 radical (unpaired) electrons. The van der Waals surface area contributed by atoms with Crippen LogP contribution in [-0.2, 0) is 9.47 Å². The average Bonchev–Trinajstić information content (AvgIpc) is 2.15. The summed E-state index contributed by atoms with van der Waals surface area (Å²) in [6.07, 6.45) is 2.58. The van der Waals surface area contributed by atoms with E-state index in [1.165, 1.54) is 6.42 Å². The van der Waals surface area contributed by atoms with Crippen LogP contribution in [0, 0.1) is 5.92 Å². The van der Waals surface area contributed by atoms with Crippen LogP contribution < -0.4 is 0 Å². The highest BCUT2D eigenvalue weighted by molar-refractivity contribution is 4.79. The third-order valence-corrected chi connectivity index (χ3v) is 2.85. The number of hydrogen-bond donors (Lipinski definition) is 0. The minimum absolute atomic E-state index is 0.139. The molecule has 1 atom stereocenters. The summed E-state index contributed by atoms with van der Waals surface area (Å²) in [5.74, 6) is 0.480. The second kappa shape index (κ2) is 7.24. The van der Waals surface area contributed by atoms with Crippen LogP contribution in [0.15, 0.2) is 0 Å². The molecule has 92 valence electrons. The predicted octanol–water partition coefficient (Wildman–Crippen LogP) is 3.64. The first-order valence-corrected chi connectivity index (χ1v) is 6.18. The van der Waals surface area contributed by atoms with Gasteiger partial charge in [-0.1, -0.05) is 27.2 Å². The van der Waals surface area contributed by atoms with Gasteiger partial charge in [0.1, 0.15) is 0 Å². The fourth-order valence-corrected chi connectivity index (χ4v) is 1.16. The molecule has 2 heteroatoms. The maximum atomic E-state index is 5.96. The summed E-state index contributed by atoms with van der Waals surface area (Å²) in [5.41, 5.74) is -0.139. The summed E-state index contributed by atoms with van der Waals surface area (Å²) >= 11 is 0. The molecule has 0 aliphatic heterocycles. The number of ether oxygens (including phenoxy) is 2. The van der Waals surface area contributed by atoms with Crippen LogP contribution in [0.4, 0.5) is 0 Å². The zero-order valence-electron chi connectivity index (χ0n) is 11.3. The van der Waals surface area contributed by atoms with E-state index in [1.807, 2.05) is 0 Å². The molecular formula is C13H28O2. The summed E-state index contributed by atoms with van der Waals surface area (Å²) in [5, 5.41) is 0. The highest BCUT2D eigenvalue weighted by Gasteiger charge is 2.29. The van der Waals surface area contributed by atoms with Gasteiger partial charge in [-0.2, -0.15) is 0 Å². The van der Waals surface area contributed by atoms with Crippen molar-refractivity contribution in [3.63, 3.8) is 0 Å². The Morgan fingerprint density at radius 3 is 2.13 bits per heavy atom. The molecular weight excluding hydrogens is 188 g/mol. The molecule has 0 aliphatic rings. The van der Waals surface area contributed by atoms with Gasteiger partial charge in [0, 0.05) is 6.61 Å². The number of rotatable bonds is 8. The van der Waals surface area contributed by atoms with Crippen molar-refractivity contribution >= 4 is 0 Å². The Labute approximate surface area is 95.3 Å². The molecule has 0 N–H and O–H groups in total. The van der Waals surface area contributed by atoms with Crippen molar-refractivity contribution in [3.8, 4) is 0 Å². The van der Waals surface area contributed by atoms with Crippen LogP contribution in [0.5, 0.6) is 0 Å². The zero-order valence-corrected chi connectivity index (χ0v) is 11.3. The van der Waals surface area contributed by atoms with Gasteiger partial charge >= 0.3 is 0 Å². The lowest BCUT2D eigenvalue weighted by atomic mass is 9.93. The van der Waals surface area contributed by atoms with E-state index in [-0.39, 0.29) is 11.7 Å². The van der Waals surface area contributed by atoms with E-state index in [4.69, 9.17) is 9.47 Å². The van der Waals surface area contributed by atoms with E-state index in [1.54, 1.807) is 0 Å². The highest BCUT2D eigenvalue weighted by atomic mass is 16.5. The molecule has 0 aromatic heterocycles. The molecule has 0 rings (SSSR count). The van der Waals surface area contributed by atoms with Gasteiger partial charge in [0.25, 0.3) is 0 Å². The van der Waals surface area contributed by atoms with E-state index in [9.17, 15) is 0 Å². The zero-order chi connectivity index (χ0) is 11.9. The van der Waals surface area contributed by atoms with E-state index >= 15 is 0 Å². The Morgan fingerprint density at radius 2 is 1.73 bits per heavy atom. The first-order valence-electron chi connectivity index (χ1n) is 6.18. The van der Waals surface area contributed by atoms with Gasteiger partial charge in [0.05, 0.1) is 18.3 Å². The normalized spacial score (nSPS) is 16.0. The lowest BCUT2D eigenvalue weighted by Crippen LogP contribution is -2.41. The Morgan fingerprint density at radius 1 is 1.13 bits per heavy atom. The van der Waals surface area contributed by atoms with Crippen LogP contribution in [0.3, 0.4) is 0 Å². The molecule has 0 aliphatic carbocycles. The molecule has 2 nitrogen and oxygen atoms in total. The average molecular weight is 216 g/mol. The van der Waals surface area contributed by atoms with Gasteiger partial charge in [-0.25, -0.2) is 0 Å². The van der Waals surface area contributed by atoms with E-state index in [0.29, 0.717) is 12.5 Å². The topological polar surface area (TPSA) is 18.5 Å². The highest BCUT2D eigenvalue weighted by Crippen LogP contribution is 2.22. The van der Waals surface area contributed by atoms with Crippen molar-refractivity contribution in [2.24, 2.45) is 5.92 Å². The summed E-state index contributed by atoms with van der Waals surface area (Å²) in [7, 11) is 0. The molecule has 0 heterocycles. The summed E-state index contributed by atoms with van der Waals surface area (Å²) in [4.78, 5) is 0. The molecule has 0 aromatic rings. The van der Waals surface area contributed by atoms with Crippen LogP contribution in [0.2, 0.25) is 0 Å². The molecule has 0 bridgehead atoms. The third kappa shape index (κ3) is 6.16. The van der Waals surface area contributed by atoms with Crippen molar-refractivity contribution in [3.05, 3.63) is 0 Å². The molecule has 0 saturated heterocycles. The third-order valence-electron chi connectivity index (χ3n) is 2.85. The molecule has 15 heavy (non-hydrogen) atoms. The van der Waals surface area contributed by atoms with Gasteiger partial charge in [0.15, 0.2) is 0 Å². The van der Waals surface area contributed by atoms with Crippen molar-refractivity contribution in [1.29, 1.82) is 0 Å². The quantitative estimate of drug-likeness (QED) is 0.577. The van der Waals surface area contributed by atoms with Crippen LogP contribution in [-0.4, -0.2) is 24.9 Å². The first kappa shape index (κ1) is 14.9. The Bertz CT molecular complexity index is 155. The number of unbranched alkanes of at least 4 members (excludes halogenated alkanes) is 1. The van der Waals surface area contributed by atoms with Gasteiger partial charge in [0.2, 0.25) is 0 Å². The van der Waals surface area contributed by atoms with E-state index in [0.717, 1.165) is 13.0 Å². The molecule has 0 saturated carbocycles. The first-order chi connectivity index (χ1) is 6.92. The fourth-order valence-electron chi connectivity index (χ4n) is 1.16. The van der Waals surface area contributed by atoms with E-state index in [2.05, 4.69) is 41.5 Å². The van der Waals surface area contributed by atoms with Crippen LogP contribution in [0.25, 0.3) is 0 Å². The van der Waals surface area contributed by atoms with Crippen molar-refractivity contribution < 1.29 is 9.47 Å². The standard InChI is InChI=1S/C13H28O2/c1-7-8-9-15-13(6,11(2)3)10-14-12(4)5/h11-12H,7-10H2,1-6H3. The van der Waals surface area contributed by atoms with Crippen molar-refractivity contribution in [2.75, 3.05) is 13.2 Å². The fraction of sp³-hybridized carbons (Fsp3) is 1.00. The molecule has 0 spiro atoms. The lowest BCUT2D eigenvalue weighted by molar-refractivity contribution is -0.123.